The Morgan fingerprint density at radius 1 is 1.44 bits per heavy atom. The fraction of sp³-hybridized carbons (Fsp3) is 0.333. The van der Waals surface area contributed by atoms with Gasteiger partial charge in [0.05, 0.1) is 22.7 Å². The van der Waals surface area contributed by atoms with E-state index in [9.17, 15) is 26.7 Å². The van der Waals surface area contributed by atoms with Crippen LogP contribution in [0.1, 0.15) is 28.0 Å². The van der Waals surface area contributed by atoms with E-state index in [0.717, 1.165) is 7.11 Å². The van der Waals surface area contributed by atoms with Crippen molar-refractivity contribution >= 4 is 21.9 Å². The van der Waals surface area contributed by atoms with Crippen LogP contribution in [0, 0.1) is 0 Å². The standard InChI is InChI=1S/C9H5BrF5NO2/c1-18-8(17)3-2-16-6(9(13,14)15)5(10)4(3)7(11)12/h2,7H,1H3. The number of esters is 1. The van der Waals surface area contributed by atoms with Crippen LogP contribution in [-0.2, 0) is 10.9 Å². The Hall–Kier alpha value is -1.25. The highest BCUT2D eigenvalue weighted by molar-refractivity contribution is 9.10. The number of halogens is 6. The first kappa shape index (κ1) is 14.8. The molecule has 0 saturated heterocycles. The molecule has 0 aromatic carbocycles. The maximum Gasteiger partial charge on any atom is 0.434 e. The highest BCUT2D eigenvalue weighted by Crippen LogP contribution is 2.39. The minimum Gasteiger partial charge on any atom is -0.465 e. The molecule has 100 valence electrons. The zero-order chi connectivity index (χ0) is 14.1. The third kappa shape index (κ3) is 2.77. The van der Waals surface area contributed by atoms with Gasteiger partial charge in [-0.3, -0.25) is 0 Å². The summed E-state index contributed by atoms with van der Waals surface area (Å²) in [6, 6.07) is 0. The molecule has 0 amide bonds. The van der Waals surface area contributed by atoms with Gasteiger partial charge in [0.25, 0.3) is 6.43 Å². The fourth-order valence-electron chi connectivity index (χ4n) is 1.18. The van der Waals surface area contributed by atoms with Crippen molar-refractivity contribution in [3.05, 3.63) is 27.5 Å². The Morgan fingerprint density at radius 2 is 2.00 bits per heavy atom. The minimum absolute atomic E-state index is 0.418. The number of rotatable bonds is 2. The molecule has 0 spiro atoms. The van der Waals surface area contributed by atoms with Gasteiger partial charge in [0.1, 0.15) is 0 Å². The van der Waals surface area contributed by atoms with E-state index < -0.39 is 39.9 Å². The number of pyridine rings is 1. The normalized spacial score (nSPS) is 11.8. The molecule has 0 bridgehead atoms. The van der Waals surface area contributed by atoms with Gasteiger partial charge in [-0.15, -0.1) is 0 Å². The van der Waals surface area contributed by atoms with Crippen LogP contribution in [-0.4, -0.2) is 18.1 Å². The summed E-state index contributed by atoms with van der Waals surface area (Å²) >= 11 is 2.40. The van der Waals surface area contributed by atoms with E-state index in [2.05, 4.69) is 25.7 Å². The molecule has 1 rings (SSSR count). The third-order valence-electron chi connectivity index (χ3n) is 1.95. The molecular weight excluding hydrogens is 329 g/mol. The highest BCUT2D eigenvalue weighted by atomic mass is 79.9. The zero-order valence-corrected chi connectivity index (χ0v) is 10.3. The van der Waals surface area contributed by atoms with Crippen LogP contribution in [0.5, 0.6) is 0 Å². The van der Waals surface area contributed by atoms with Crippen molar-refractivity contribution in [2.45, 2.75) is 12.6 Å². The SMILES string of the molecule is COC(=O)c1cnc(C(F)(F)F)c(Br)c1C(F)F. The summed E-state index contributed by atoms with van der Waals surface area (Å²) in [7, 11) is 0.920. The van der Waals surface area contributed by atoms with Crippen molar-refractivity contribution in [3.63, 3.8) is 0 Å². The quantitative estimate of drug-likeness (QED) is 0.613. The van der Waals surface area contributed by atoms with Crippen molar-refractivity contribution < 1.29 is 31.5 Å². The van der Waals surface area contributed by atoms with Crippen molar-refractivity contribution in [3.8, 4) is 0 Å². The molecule has 0 fully saturated rings. The molecule has 1 heterocycles. The topological polar surface area (TPSA) is 39.2 Å². The van der Waals surface area contributed by atoms with Crippen molar-refractivity contribution in [2.75, 3.05) is 7.11 Å². The molecule has 0 saturated carbocycles. The Bertz CT molecular complexity index is 475. The van der Waals surface area contributed by atoms with E-state index in [1.807, 2.05) is 0 Å². The van der Waals surface area contributed by atoms with Crippen molar-refractivity contribution in [1.82, 2.24) is 4.98 Å². The molecular formula is C9H5BrF5NO2. The van der Waals surface area contributed by atoms with Gasteiger partial charge < -0.3 is 4.74 Å². The number of nitrogens with zero attached hydrogens (tertiary/aromatic N) is 1. The molecule has 18 heavy (non-hydrogen) atoms. The van der Waals surface area contributed by atoms with E-state index in [4.69, 9.17) is 0 Å². The van der Waals surface area contributed by atoms with Crippen molar-refractivity contribution in [1.29, 1.82) is 0 Å². The summed E-state index contributed by atoms with van der Waals surface area (Å²) in [6.45, 7) is 0. The maximum atomic E-state index is 12.7. The van der Waals surface area contributed by atoms with Gasteiger partial charge in [-0.2, -0.15) is 13.2 Å². The third-order valence-corrected chi connectivity index (χ3v) is 2.75. The van der Waals surface area contributed by atoms with Crippen LogP contribution in [0.25, 0.3) is 0 Å². The molecule has 1 aromatic rings. The lowest BCUT2D eigenvalue weighted by molar-refractivity contribution is -0.142. The largest absolute Gasteiger partial charge is 0.465 e. The zero-order valence-electron chi connectivity index (χ0n) is 8.69. The second kappa shape index (κ2) is 5.17. The van der Waals surface area contributed by atoms with E-state index in [1.54, 1.807) is 0 Å². The molecule has 0 atom stereocenters. The van der Waals surface area contributed by atoms with Gasteiger partial charge in [-0.05, 0) is 15.9 Å². The van der Waals surface area contributed by atoms with E-state index >= 15 is 0 Å². The fourth-order valence-corrected chi connectivity index (χ4v) is 1.90. The molecule has 0 aliphatic carbocycles. The number of carbonyl (C=O) groups is 1. The van der Waals surface area contributed by atoms with Crippen LogP contribution in [0.3, 0.4) is 0 Å². The van der Waals surface area contributed by atoms with Crippen LogP contribution < -0.4 is 0 Å². The first-order chi connectivity index (χ1) is 8.20. The molecule has 0 radical (unpaired) electrons. The Morgan fingerprint density at radius 3 is 2.39 bits per heavy atom. The molecule has 0 aliphatic rings. The Labute approximate surface area is 106 Å². The number of hydrogen-bond donors (Lipinski definition) is 0. The number of hydrogen-bond acceptors (Lipinski definition) is 3. The van der Waals surface area contributed by atoms with Gasteiger partial charge in [-0.25, -0.2) is 18.6 Å². The molecule has 9 heteroatoms. The van der Waals surface area contributed by atoms with Crippen LogP contribution in [0.2, 0.25) is 0 Å². The van der Waals surface area contributed by atoms with Crippen molar-refractivity contribution in [2.24, 2.45) is 0 Å². The van der Waals surface area contributed by atoms with Crippen LogP contribution in [0.15, 0.2) is 10.7 Å². The predicted molar refractivity (Wildman–Crippen MR) is 53.2 cm³/mol. The van der Waals surface area contributed by atoms with Gasteiger partial charge in [0.2, 0.25) is 0 Å². The van der Waals surface area contributed by atoms with Gasteiger partial charge in [-0.1, -0.05) is 0 Å². The first-order valence-electron chi connectivity index (χ1n) is 4.32. The summed E-state index contributed by atoms with van der Waals surface area (Å²) in [5.41, 5.74) is -3.33. The summed E-state index contributed by atoms with van der Waals surface area (Å²) in [6.07, 6.45) is -7.77. The highest BCUT2D eigenvalue weighted by Gasteiger charge is 2.38. The Kier molecular flexibility index (Phi) is 4.25. The summed E-state index contributed by atoms with van der Waals surface area (Å²) in [5.74, 6) is -1.19. The van der Waals surface area contributed by atoms with E-state index in [0.29, 0.717) is 6.20 Å². The summed E-state index contributed by atoms with van der Waals surface area (Å²) < 4.78 is 66.0. The molecule has 3 nitrogen and oxygen atoms in total. The van der Waals surface area contributed by atoms with Gasteiger partial charge in [0, 0.05) is 6.20 Å². The van der Waals surface area contributed by atoms with Crippen LogP contribution >= 0.6 is 15.9 Å². The lowest BCUT2D eigenvalue weighted by atomic mass is 10.1. The summed E-state index contributed by atoms with van der Waals surface area (Å²) in [4.78, 5) is 14.1. The number of carbonyl (C=O) groups excluding carboxylic acids is 1. The smallest absolute Gasteiger partial charge is 0.434 e. The second-order valence-electron chi connectivity index (χ2n) is 3.04. The molecule has 0 aliphatic heterocycles. The predicted octanol–water partition coefficient (Wildman–Crippen LogP) is 3.59. The Balaban J connectivity index is 3.53. The lowest BCUT2D eigenvalue weighted by Gasteiger charge is -2.14. The average molecular weight is 334 g/mol. The lowest BCUT2D eigenvalue weighted by Crippen LogP contribution is -2.15. The monoisotopic (exact) mass is 333 g/mol. The first-order valence-corrected chi connectivity index (χ1v) is 5.11. The minimum atomic E-state index is -4.91. The van der Waals surface area contributed by atoms with Crippen LogP contribution in [0.4, 0.5) is 22.0 Å². The number of aromatic nitrogens is 1. The number of ether oxygens (including phenoxy) is 1. The average Bonchev–Trinajstić information content (AvgIpc) is 2.25. The van der Waals surface area contributed by atoms with Gasteiger partial charge >= 0.3 is 12.1 Å². The molecule has 1 aromatic heterocycles. The molecule has 0 N–H and O–H groups in total. The number of methoxy groups -OCH3 is 1. The van der Waals surface area contributed by atoms with E-state index in [-0.39, 0.29) is 0 Å². The van der Waals surface area contributed by atoms with Gasteiger partial charge in [0.15, 0.2) is 5.69 Å². The maximum absolute atomic E-state index is 12.7. The number of alkyl halides is 5. The molecule has 0 unspecified atom stereocenters. The second-order valence-corrected chi connectivity index (χ2v) is 3.83. The van der Waals surface area contributed by atoms with E-state index in [1.165, 1.54) is 0 Å². The summed E-state index contributed by atoms with van der Waals surface area (Å²) in [5, 5.41) is 0.